The van der Waals surface area contributed by atoms with E-state index in [4.69, 9.17) is 4.42 Å². The molecule has 0 aliphatic heterocycles. The van der Waals surface area contributed by atoms with E-state index in [1.54, 1.807) is 35.2 Å². The summed E-state index contributed by atoms with van der Waals surface area (Å²) < 4.78 is 7.40. The van der Waals surface area contributed by atoms with E-state index in [0.717, 1.165) is 25.5 Å². The molecule has 0 radical (unpaired) electrons. The SMILES string of the molecule is CC(=O)Nc1ccc2c(CSc3nc4ccccc4s3)cc(=O)oc2c1. The lowest BCUT2D eigenvalue weighted by Gasteiger charge is -2.07. The molecule has 0 bridgehead atoms. The third kappa shape index (κ3) is 3.49. The summed E-state index contributed by atoms with van der Waals surface area (Å²) in [5.74, 6) is 0.441. The molecular weight excluding hydrogens is 368 g/mol. The molecule has 4 rings (SSSR count). The molecule has 0 atom stereocenters. The van der Waals surface area contributed by atoms with Gasteiger partial charge in [0.05, 0.1) is 10.2 Å². The Bertz CT molecular complexity index is 1150. The van der Waals surface area contributed by atoms with E-state index in [1.807, 2.05) is 30.3 Å². The number of para-hydroxylation sites is 1. The number of thiazole rings is 1. The van der Waals surface area contributed by atoms with Gasteiger partial charge in [-0.25, -0.2) is 9.78 Å². The third-order valence-corrected chi connectivity index (χ3v) is 6.00. The van der Waals surface area contributed by atoms with Gasteiger partial charge in [-0.15, -0.1) is 11.3 Å². The smallest absolute Gasteiger partial charge is 0.336 e. The predicted octanol–water partition coefficient (Wildman–Crippen LogP) is 4.65. The highest BCUT2D eigenvalue weighted by atomic mass is 32.2. The fourth-order valence-corrected chi connectivity index (χ4v) is 4.74. The second-order valence-electron chi connectivity index (χ2n) is 5.72. The van der Waals surface area contributed by atoms with Crippen LogP contribution in [0.25, 0.3) is 21.2 Å². The van der Waals surface area contributed by atoms with Crippen LogP contribution in [0, 0.1) is 0 Å². The Hall–Kier alpha value is -2.64. The zero-order valence-electron chi connectivity index (χ0n) is 13.8. The van der Waals surface area contributed by atoms with Gasteiger partial charge >= 0.3 is 5.63 Å². The highest BCUT2D eigenvalue weighted by Gasteiger charge is 2.10. The van der Waals surface area contributed by atoms with Crippen LogP contribution in [-0.4, -0.2) is 10.9 Å². The second-order valence-corrected chi connectivity index (χ2v) is 7.97. The number of nitrogens with zero attached hydrogens (tertiary/aromatic N) is 1. The maximum absolute atomic E-state index is 11.9. The molecular formula is C19H14N2O3S2. The molecule has 130 valence electrons. The van der Waals surface area contributed by atoms with Crippen LogP contribution in [0.2, 0.25) is 0 Å². The number of carbonyl (C=O) groups is 1. The molecule has 0 saturated carbocycles. The van der Waals surface area contributed by atoms with E-state index in [1.165, 1.54) is 13.0 Å². The van der Waals surface area contributed by atoms with Crippen molar-refractivity contribution in [1.29, 1.82) is 0 Å². The van der Waals surface area contributed by atoms with Crippen molar-refractivity contribution in [3.05, 3.63) is 64.5 Å². The lowest BCUT2D eigenvalue weighted by atomic mass is 10.1. The summed E-state index contributed by atoms with van der Waals surface area (Å²) in [5, 5.41) is 3.55. The summed E-state index contributed by atoms with van der Waals surface area (Å²) in [6.45, 7) is 1.44. The lowest BCUT2D eigenvalue weighted by Crippen LogP contribution is -2.06. The predicted molar refractivity (Wildman–Crippen MR) is 106 cm³/mol. The first-order valence-electron chi connectivity index (χ1n) is 7.91. The molecule has 0 aliphatic rings. The Balaban J connectivity index is 1.64. The molecule has 1 N–H and O–H groups in total. The molecule has 26 heavy (non-hydrogen) atoms. The Morgan fingerprint density at radius 2 is 2.08 bits per heavy atom. The minimum Gasteiger partial charge on any atom is -0.423 e. The number of aromatic nitrogens is 1. The van der Waals surface area contributed by atoms with Crippen molar-refractivity contribution in [3.8, 4) is 0 Å². The Morgan fingerprint density at radius 3 is 2.88 bits per heavy atom. The summed E-state index contributed by atoms with van der Waals surface area (Å²) in [6, 6.07) is 14.9. The van der Waals surface area contributed by atoms with E-state index in [0.29, 0.717) is 17.0 Å². The average Bonchev–Trinajstić information content (AvgIpc) is 3.01. The number of nitrogens with one attached hydrogen (secondary N) is 1. The van der Waals surface area contributed by atoms with Crippen LogP contribution in [0.3, 0.4) is 0 Å². The van der Waals surface area contributed by atoms with Crippen molar-refractivity contribution < 1.29 is 9.21 Å². The van der Waals surface area contributed by atoms with Crippen LogP contribution in [-0.2, 0) is 10.5 Å². The molecule has 0 saturated heterocycles. The quantitative estimate of drug-likeness (QED) is 0.411. The summed E-state index contributed by atoms with van der Waals surface area (Å²) in [7, 11) is 0. The van der Waals surface area contributed by atoms with Crippen LogP contribution in [0.5, 0.6) is 0 Å². The molecule has 2 aromatic heterocycles. The minimum absolute atomic E-state index is 0.172. The van der Waals surface area contributed by atoms with Gasteiger partial charge < -0.3 is 9.73 Å². The number of hydrogen-bond donors (Lipinski definition) is 1. The third-order valence-electron chi connectivity index (χ3n) is 3.78. The maximum Gasteiger partial charge on any atom is 0.336 e. The topological polar surface area (TPSA) is 72.2 Å². The zero-order chi connectivity index (χ0) is 18.1. The van der Waals surface area contributed by atoms with Crippen LogP contribution < -0.4 is 10.9 Å². The first-order valence-corrected chi connectivity index (χ1v) is 9.71. The fourth-order valence-electron chi connectivity index (χ4n) is 2.68. The van der Waals surface area contributed by atoms with Gasteiger partial charge in [0.1, 0.15) is 5.58 Å². The summed E-state index contributed by atoms with van der Waals surface area (Å²) in [5.41, 5.74) is 2.53. The number of fused-ring (bicyclic) bond motifs is 2. The molecule has 7 heteroatoms. The Labute approximate surface area is 157 Å². The zero-order valence-corrected chi connectivity index (χ0v) is 15.4. The molecule has 2 aromatic carbocycles. The molecule has 5 nitrogen and oxygen atoms in total. The van der Waals surface area contributed by atoms with Gasteiger partial charge in [-0.2, -0.15) is 0 Å². The normalized spacial score (nSPS) is 11.1. The van der Waals surface area contributed by atoms with Crippen LogP contribution in [0.4, 0.5) is 5.69 Å². The summed E-state index contributed by atoms with van der Waals surface area (Å²) in [6.07, 6.45) is 0. The van der Waals surface area contributed by atoms with Crippen molar-refractivity contribution in [2.24, 2.45) is 0 Å². The van der Waals surface area contributed by atoms with E-state index in [9.17, 15) is 9.59 Å². The molecule has 0 unspecified atom stereocenters. The van der Waals surface area contributed by atoms with Crippen molar-refractivity contribution in [2.45, 2.75) is 17.0 Å². The van der Waals surface area contributed by atoms with Gasteiger partial charge in [0, 0.05) is 35.9 Å². The Morgan fingerprint density at radius 1 is 1.23 bits per heavy atom. The monoisotopic (exact) mass is 382 g/mol. The standard InChI is InChI=1S/C19H14N2O3S2/c1-11(22)20-13-6-7-14-12(8-18(23)24-16(14)9-13)10-25-19-21-15-4-2-3-5-17(15)26-19/h2-9H,10H2,1H3,(H,20,22). The maximum atomic E-state index is 11.9. The van der Waals surface area contributed by atoms with Gasteiger partial charge in [0.15, 0.2) is 4.34 Å². The van der Waals surface area contributed by atoms with Gasteiger partial charge in [-0.1, -0.05) is 23.9 Å². The number of rotatable bonds is 4. The van der Waals surface area contributed by atoms with Crippen LogP contribution in [0.1, 0.15) is 12.5 Å². The first kappa shape index (κ1) is 16.8. The van der Waals surface area contributed by atoms with Crippen LogP contribution >= 0.6 is 23.1 Å². The summed E-state index contributed by atoms with van der Waals surface area (Å²) >= 11 is 3.23. The average molecular weight is 382 g/mol. The number of benzene rings is 2. The molecule has 1 amide bonds. The first-order chi connectivity index (χ1) is 12.6. The Kier molecular flexibility index (Phi) is 4.48. The fraction of sp³-hybridized carbons (Fsp3) is 0.105. The van der Waals surface area contributed by atoms with E-state index in [2.05, 4.69) is 10.3 Å². The van der Waals surface area contributed by atoms with Crippen molar-refractivity contribution >= 4 is 55.9 Å². The molecule has 4 aromatic rings. The van der Waals surface area contributed by atoms with Gasteiger partial charge in [-0.3, -0.25) is 4.79 Å². The van der Waals surface area contributed by atoms with Crippen LogP contribution in [0.15, 0.2) is 62.1 Å². The number of anilines is 1. The number of hydrogen-bond acceptors (Lipinski definition) is 6. The molecule has 0 fully saturated rings. The van der Waals surface area contributed by atoms with E-state index >= 15 is 0 Å². The lowest BCUT2D eigenvalue weighted by molar-refractivity contribution is -0.114. The number of carbonyl (C=O) groups excluding carboxylic acids is 1. The minimum atomic E-state index is -0.405. The second kappa shape index (κ2) is 6.93. The van der Waals surface area contributed by atoms with Crippen molar-refractivity contribution in [3.63, 3.8) is 0 Å². The molecule has 0 aliphatic carbocycles. The highest BCUT2D eigenvalue weighted by molar-refractivity contribution is 8.00. The highest BCUT2D eigenvalue weighted by Crippen LogP contribution is 2.33. The molecule has 2 heterocycles. The number of amides is 1. The van der Waals surface area contributed by atoms with Gasteiger partial charge in [0.25, 0.3) is 0 Å². The largest absolute Gasteiger partial charge is 0.423 e. The van der Waals surface area contributed by atoms with Crippen molar-refractivity contribution in [2.75, 3.05) is 5.32 Å². The van der Waals surface area contributed by atoms with E-state index in [-0.39, 0.29) is 5.91 Å². The summed E-state index contributed by atoms with van der Waals surface area (Å²) in [4.78, 5) is 27.7. The van der Waals surface area contributed by atoms with E-state index < -0.39 is 5.63 Å². The van der Waals surface area contributed by atoms with Gasteiger partial charge in [-0.05, 0) is 29.8 Å². The van der Waals surface area contributed by atoms with Crippen molar-refractivity contribution in [1.82, 2.24) is 4.98 Å². The van der Waals surface area contributed by atoms with Gasteiger partial charge in [0.2, 0.25) is 5.91 Å². The molecule has 0 spiro atoms. The number of thioether (sulfide) groups is 1.